The van der Waals surface area contributed by atoms with Crippen LogP contribution in [0.3, 0.4) is 0 Å². The van der Waals surface area contributed by atoms with Crippen molar-refractivity contribution in [3.8, 4) is 0 Å². The van der Waals surface area contributed by atoms with Crippen LogP contribution >= 0.6 is 0 Å². The zero-order chi connectivity index (χ0) is 16.2. The van der Waals surface area contributed by atoms with Gasteiger partial charge < -0.3 is 10.4 Å². The SMILES string of the molecule is Cc1cc(NCCc2ccncc2)c2cccc(C(=O)O)c2n1. The lowest BCUT2D eigenvalue weighted by molar-refractivity contribution is 0.0699. The quantitative estimate of drug-likeness (QED) is 0.756. The molecule has 0 fully saturated rings. The van der Waals surface area contributed by atoms with Gasteiger partial charge in [0.05, 0.1) is 11.1 Å². The van der Waals surface area contributed by atoms with E-state index in [9.17, 15) is 9.90 Å². The Morgan fingerprint density at radius 3 is 2.74 bits per heavy atom. The van der Waals surface area contributed by atoms with Gasteiger partial charge in [0.15, 0.2) is 0 Å². The van der Waals surface area contributed by atoms with E-state index in [-0.39, 0.29) is 5.56 Å². The fourth-order valence-corrected chi connectivity index (χ4v) is 2.59. The van der Waals surface area contributed by atoms with Crippen LogP contribution in [0.2, 0.25) is 0 Å². The van der Waals surface area contributed by atoms with Gasteiger partial charge in [0, 0.05) is 35.7 Å². The van der Waals surface area contributed by atoms with Crippen molar-refractivity contribution in [2.45, 2.75) is 13.3 Å². The molecule has 0 amide bonds. The van der Waals surface area contributed by atoms with Crippen molar-refractivity contribution in [2.24, 2.45) is 0 Å². The standard InChI is InChI=1S/C18H17N3O2/c1-12-11-16(20-10-7-13-5-8-19-9-6-13)14-3-2-4-15(18(22)23)17(14)21-12/h2-6,8-9,11H,7,10H2,1H3,(H,20,21)(H,22,23). The van der Waals surface area contributed by atoms with Gasteiger partial charge in [-0.2, -0.15) is 0 Å². The first-order chi connectivity index (χ1) is 11.1. The van der Waals surface area contributed by atoms with Gasteiger partial charge in [0.25, 0.3) is 0 Å². The molecule has 0 saturated carbocycles. The number of aromatic nitrogens is 2. The molecule has 23 heavy (non-hydrogen) atoms. The number of nitrogens with zero attached hydrogens (tertiary/aromatic N) is 2. The molecule has 2 heterocycles. The van der Waals surface area contributed by atoms with Gasteiger partial charge >= 0.3 is 5.97 Å². The van der Waals surface area contributed by atoms with E-state index >= 15 is 0 Å². The number of hydrogen-bond donors (Lipinski definition) is 2. The van der Waals surface area contributed by atoms with E-state index in [2.05, 4.69) is 15.3 Å². The van der Waals surface area contributed by atoms with Crippen molar-refractivity contribution < 1.29 is 9.90 Å². The summed E-state index contributed by atoms with van der Waals surface area (Å²) in [5.41, 5.74) is 3.64. The molecule has 1 aromatic carbocycles. The maximum Gasteiger partial charge on any atom is 0.337 e. The highest BCUT2D eigenvalue weighted by atomic mass is 16.4. The third-order valence-electron chi connectivity index (χ3n) is 3.68. The number of para-hydroxylation sites is 1. The topological polar surface area (TPSA) is 75.1 Å². The van der Waals surface area contributed by atoms with Crippen molar-refractivity contribution in [2.75, 3.05) is 11.9 Å². The van der Waals surface area contributed by atoms with Gasteiger partial charge in [-0.15, -0.1) is 0 Å². The number of benzene rings is 1. The summed E-state index contributed by atoms with van der Waals surface area (Å²) in [4.78, 5) is 19.8. The average Bonchev–Trinajstić information content (AvgIpc) is 2.55. The second-order valence-electron chi connectivity index (χ2n) is 5.35. The van der Waals surface area contributed by atoms with Crippen LogP contribution < -0.4 is 5.32 Å². The van der Waals surface area contributed by atoms with Crippen molar-refractivity contribution in [1.29, 1.82) is 0 Å². The van der Waals surface area contributed by atoms with Crippen LogP contribution in [0.5, 0.6) is 0 Å². The average molecular weight is 307 g/mol. The summed E-state index contributed by atoms with van der Waals surface area (Å²) in [5.74, 6) is -0.962. The minimum atomic E-state index is -0.962. The van der Waals surface area contributed by atoms with E-state index in [0.29, 0.717) is 5.52 Å². The maximum atomic E-state index is 11.4. The molecule has 0 atom stereocenters. The molecular weight excluding hydrogens is 290 g/mol. The molecule has 3 aromatic rings. The second-order valence-corrected chi connectivity index (χ2v) is 5.35. The number of nitrogens with one attached hydrogen (secondary N) is 1. The minimum Gasteiger partial charge on any atom is -0.478 e. The van der Waals surface area contributed by atoms with Gasteiger partial charge in [-0.25, -0.2) is 4.79 Å². The van der Waals surface area contributed by atoms with E-state index in [1.54, 1.807) is 24.5 Å². The van der Waals surface area contributed by atoms with Crippen LogP contribution in [0.1, 0.15) is 21.6 Å². The Hall–Kier alpha value is -2.95. The lowest BCUT2D eigenvalue weighted by Crippen LogP contribution is -2.07. The van der Waals surface area contributed by atoms with Crippen molar-refractivity contribution in [3.63, 3.8) is 0 Å². The van der Waals surface area contributed by atoms with Gasteiger partial charge in [-0.1, -0.05) is 12.1 Å². The predicted molar refractivity (Wildman–Crippen MR) is 89.9 cm³/mol. The number of fused-ring (bicyclic) bond motifs is 1. The van der Waals surface area contributed by atoms with Crippen LogP contribution in [0.25, 0.3) is 10.9 Å². The molecule has 2 N–H and O–H groups in total. The number of carboxylic acids is 1. The Morgan fingerprint density at radius 2 is 2.00 bits per heavy atom. The minimum absolute atomic E-state index is 0.225. The monoisotopic (exact) mass is 307 g/mol. The molecule has 0 unspecified atom stereocenters. The van der Waals surface area contributed by atoms with Crippen LogP contribution in [0.4, 0.5) is 5.69 Å². The number of anilines is 1. The Labute approximate surface area is 134 Å². The van der Waals surface area contributed by atoms with Crippen LogP contribution in [-0.4, -0.2) is 27.6 Å². The van der Waals surface area contributed by atoms with Crippen molar-refractivity contribution in [3.05, 3.63) is 65.6 Å². The summed E-state index contributed by atoms with van der Waals surface area (Å²) in [7, 11) is 0. The summed E-state index contributed by atoms with van der Waals surface area (Å²) in [6.45, 7) is 2.62. The molecule has 0 aliphatic rings. The molecule has 0 bridgehead atoms. The number of carboxylic acid groups (broad SMARTS) is 1. The van der Waals surface area contributed by atoms with Gasteiger partial charge in [0.2, 0.25) is 0 Å². The van der Waals surface area contributed by atoms with Gasteiger partial charge in [0.1, 0.15) is 0 Å². The third-order valence-corrected chi connectivity index (χ3v) is 3.68. The summed E-state index contributed by atoms with van der Waals surface area (Å²) < 4.78 is 0. The fourth-order valence-electron chi connectivity index (χ4n) is 2.59. The summed E-state index contributed by atoms with van der Waals surface area (Å²) >= 11 is 0. The highest BCUT2D eigenvalue weighted by Gasteiger charge is 2.12. The lowest BCUT2D eigenvalue weighted by Gasteiger charge is -2.12. The maximum absolute atomic E-state index is 11.4. The number of rotatable bonds is 5. The fraction of sp³-hybridized carbons (Fsp3) is 0.167. The highest BCUT2D eigenvalue weighted by Crippen LogP contribution is 2.25. The molecule has 3 rings (SSSR count). The summed E-state index contributed by atoms with van der Waals surface area (Å²) in [5, 5.41) is 13.5. The smallest absolute Gasteiger partial charge is 0.337 e. The first-order valence-corrected chi connectivity index (χ1v) is 7.41. The molecule has 2 aromatic heterocycles. The Balaban J connectivity index is 1.88. The first kappa shape index (κ1) is 15.0. The lowest BCUT2D eigenvalue weighted by atomic mass is 10.1. The number of aromatic carboxylic acids is 1. The van der Waals surface area contributed by atoms with Crippen molar-refractivity contribution >= 4 is 22.6 Å². The van der Waals surface area contributed by atoms with Crippen LogP contribution in [-0.2, 0) is 6.42 Å². The molecule has 0 radical (unpaired) electrons. The second kappa shape index (κ2) is 6.44. The molecule has 0 aliphatic carbocycles. The van der Waals surface area contributed by atoms with E-state index in [0.717, 1.165) is 29.7 Å². The number of hydrogen-bond acceptors (Lipinski definition) is 4. The molecule has 0 spiro atoms. The molecule has 5 heteroatoms. The van der Waals surface area contributed by atoms with Gasteiger partial charge in [-0.3, -0.25) is 9.97 Å². The van der Waals surface area contributed by atoms with E-state index < -0.39 is 5.97 Å². The zero-order valence-corrected chi connectivity index (χ0v) is 12.8. The van der Waals surface area contributed by atoms with Crippen molar-refractivity contribution in [1.82, 2.24) is 9.97 Å². The first-order valence-electron chi connectivity index (χ1n) is 7.41. The third kappa shape index (κ3) is 3.29. The Bertz CT molecular complexity index is 848. The number of aryl methyl sites for hydroxylation is 1. The highest BCUT2D eigenvalue weighted by molar-refractivity contribution is 6.05. The summed E-state index contributed by atoms with van der Waals surface area (Å²) in [6, 6.07) is 11.1. The number of carbonyl (C=O) groups is 1. The Kier molecular flexibility index (Phi) is 4.19. The van der Waals surface area contributed by atoms with Crippen LogP contribution in [0, 0.1) is 6.92 Å². The molecule has 5 nitrogen and oxygen atoms in total. The predicted octanol–water partition coefficient (Wildman–Crippen LogP) is 3.29. The number of pyridine rings is 2. The molecule has 0 aliphatic heterocycles. The Morgan fingerprint density at radius 1 is 1.22 bits per heavy atom. The largest absolute Gasteiger partial charge is 0.478 e. The summed E-state index contributed by atoms with van der Waals surface area (Å²) in [6.07, 6.45) is 4.42. The molecule has 116 valence electrons. The molecular formula is C18H17N3O2. The van der Waals surface area contributed by atoms with E-state index in [4.69, 9.17) is 0 Å². The van der Waals surface area contributed by atoms with E-state index in [1.165, 1.54) is 5.56 Å². The van der Waals surface area contributed by atoms with E-state index in [1.807, 2.05) is 31.2 Å². The van der Waals surface area contributed by atoms with Crippen LogP contribution in [0.15, 0.2) is 48.8 Å². The van der Waals surface area contributed by atoms with Gasteiger partial charge in [-0.05, 0) is 43.2 Å². The molecule has 0 saturated heterocycles. The normalized spacial score (nSPS) is 10.7. The zero-order valence-electron chi connectivity index (χ0n) is 12.8.